The molecular weight excluding hydrogens is 419 g/mol. The number of esters is 2. The maximum Gasteiger partial charge on any atom is 0.338 e. The monoisotopic (exact) mass is 444 g/mol. The summed E-state index contributed by atoms with van der Waals surface area (Å²) in [5, 5.41) is 9.02. The number of aliphatic hydroxyl groups excluding tert-OH is 1. The fourth-order valence-electron chi connectivity index (χ4n) is 2.43. The maximum atomic E-state index is 14.4. The lowest BCUT2D eigenvalue weighted by Crippen LogP contribution is -2.13. The van der Waals surface area contributed by atoms with Gasteiger partial charge in [-0.2, -0.15) is 0 Å². The highest BCUT2D eigenvalue weighted by molar-refractivity contribution is 5.89. The lowest BCUT2D eigenvalue weighted by Gasteiger charge is -2.14. The number of benzene rings is 2. The first kappa shape index (κ1) is 24.6. The Labute approximate surface area is 185 Å². The topological polar surface area (TPSA) is 91.3 Å². The molecule has 2 aromatic rings. The van der Waals surface area contributed by atoms with Gasteiger partial charge >= 0.3 is 11.9 Å². The van der Waals surface area contributed by atoms with Crippen LogP contribution in [0.4, 0.5) is 4.39 Å². The minimum absolute atomic E-state index is 0.00717. The summed E-state index contributed by atoms with van der Waals surface area (Å²) in [4.78, 5) is 23.1. The Kier molecular flexibility index (Phi) is 8.97. The predicted molar refractivity (Wildman–Crippen MR) is 116 cm³/mol. The summed E-state index contributed by atoms with van der Waals surface area (Å²) in [7, 11) is 0. The Balaban J connectivity index is 2.20. The maximum absolute atomic E-state index is 14.4. The van der Waals surface area contributed by atoms with E-state index in [1.165, 1.54) is 26.0 Å². The molecule has 0 bridgehead atoms. The molecule has 0 radical (unpaired) electrons. The van der Waals surface area contributed by atoms with Crippen molar-refractivity contribution in [2.24, 2.45) is 0 Å². The number of hydrogen-bond acceptors (Lipinski definition) is 7. The summed E-state index contributed by atoms with van der Waals surface area (Å²) >= 11 is 0. The van der Waals surface area contributed by atoms with E-state index in [1.54, 1.807) is 24.3 Å². The first-order valence-corrected chi connectivity index (χ1v) is 9.73. The molecule has 2 aromatic carbocycles. The van der Waals surface area contributed by atoms with Crippen LogP contribution in [0.15, 0.2) is 60.7 Å². The number of halogens is 1. The van der Waals surface area contributed by atoms with Crippen LogP contribution >= 0.6 is 0 Å². The van der Waals surface area contributed by atoms with Crippen molar-refractivity contribution < 1.29 is 38.0 Å². The Morgan fingerprint density at radius 1 is 0.844 bits per heavy atom. The van der Waals surface area contributed by atoms with Gasteiger partial charge in [0.15, 0.2) is 23.1 Å². The van der Waals surface area contributed by atoms with Crippen LogP contribution in [0.3, 0.4) is 0 Å². The van der Waals surface area contributed by atoms with Gasteiger partial charge < -0.3 is 24.1 Å². The largest absolute Gasteiger partial charge is 0.487 e. The normalized spacial score (nSPS) is 10.2. The van der Waals surface area contributed by atoms with Crippen molar-refractivity contribution in [2.45, 2.75) is 13.8 Å². The summed E-state index contributed by atoms with van der Waals surface area (Å²) in [5.41, 5.74) is 1.54. The highest BCUT2D eigenvalue weighted by Gasteiger charge is 2.14. The third-order valence-electron chi connectivity index (χ3n) is 4.03. The summed E-state index contributed by atoms with van der Waals surface area (Å²) in [6.07, 6.45) is 0. The van der Waals surface area contributed by atoms with Crippen LogP contribution < -0.4 is 14.2 Å². The zero-order valence-corrected chi connectivity index (χ0v) is 18.0. The van der Waals surface area contributed by atoms with Crippen LogP contribution in [0.5, 0.6) is 17.2 Å². The predicted octanol–water partition coefficient (Wildman–Crippen LogP) is 3.84. The van der Waals surface area contributed by atoms with Gasteiger partial charge in [0.25, 0.3) is 0 Å². The Hall–Kier alpha value is -3.65. The molecule has 32 heavy (non-hydrogen) atoms. The van der Waals surface area contributed by atoms with E-state index in [2.05, 4.69) is 13.2 Å². The number of aliphatic hydroxyl groups is 1. The quantitative estimate of drug-likeness (QED) is 0.244. The Morgan fingerprint density at radius 3 is 2.03 bits per heavy atom. The van der Waals surface area contributed by atoms with E-state index in [0.717, 1.165) is 0 Å². The third kappa shape index (κ3) is 6.95. The van der Waals surface area contributed by atoms with Crippen LogP contribution in [0.1, 0.15) is 13.8 Å². The fourth-order valence-corrected chi connectivity index (χ4v) is 2.43. The molecule has 0 aliphatic heterocycles. The van der Waals surface area contributed by atoms with Crippen molar-refractivity contribution in [3.63, 3.8) is 0 Å². The second-order valence-electron chi connectivity index (χ2n) is 6.81. The molecule has 0 heterocycles. The van der Waals surface area contributed by atoms with Crippen molar-refractivity contribution >= 4 is 11.9 Å². The summed E-state index contributed by atoms with van der Waals surface area (Å²) < 4.78 is 35.5. The summed E-state index contributed by atoms with van der Waals surface area (Å²) in [6, 6.07) is 9.10. The van der Waals surface area contributed by atoms with Crippen LogP contribution in [0.2, 0.25) is 0 Å². The average molecular weight is 444 g/mol. The molecule has 0 saturated carbocycles. The van der Waals surface area contributed by atoms with Gasteiger partial charge in [0, 0.05) is 11.1 Å². The van der Waals surface area contributed by atoms with Crippen molar-refractivity contribution in [1.29, 1.82) is 0 Å². The summed E-state index contributed by atoms with van der Waals surface area (Å²) in [5.74, 6) is -1.48. The highest BCUT2D eigenvalue weighted by Crippen LogP contribution is 2.34. The minimum atomic E-state index is -0.718. The van der Waals surface area contributed by atoms with Crippen LogP contribution in [0.25, 0.3) is 11.1 Å². The molecule has 0 spiro atoms. The molecule has 0 aromatic heterocycles. The zero-order valence-electron chi connectivity index (χ0n) is 18.0. The number of rotatable bonds is 11. The van der Waals surface area contributed by atoms with E-state index in [9.17, 15) is 14.0 Å². The SMILES string of the molecule is C=C(C)C(=O)OCCOc1cc(-c2ccc(OC(=O)C(=C)C)c(F)c2)ccc1OCCO. The Bertz CT molecular complexity index is 1010. The van der Waals surface area contributed by atoms with Gasteiger partial charge in [0.2, 0.25) is 0 Å². The van der Waals surface area contributed by atoms with Gasteiger partial charge in [-0.3, -0.25) is 0 Å². The van der Waals surface area contributed by atoms with Crippen LogP contribution in [-0.4, -0.2) is 43.5 Å². The van der Waals surface area contributed by atoms with Crippen LogP contribution in [-0.2, 0) is 14.3 Å². The van der Waals surface area contributed by atoms with E-state index in [-0.39, 0.29) is 43.3 Å². The average Bonchev–Trinajstić information content (AvgIpc) is 2.76. The number of ether oxygens (including phenoxy) is 4. The number of carbonyl (C=O) groups excluding carboxylic acids is 2. The van der Waals surface area contributed by atoms with Crippen molar-refractivity contribution in [3.05, 3.63) is 66.5 Å². The van der Waals surface area contributed by atoms with Gasteiger partial charge in [0.05, 0.1) is 6.61 Å². The van der Waals surface area contributed by atoms with Crippen molar-refractivity contribution in [2.75, 3.05) is 26.4 Å². The van der Waals surface area contributed by atoms with Crippen molar-refractivity contribution in [3.8, 4) is 28.4 Å². The van der Waals surface area contributed by atoms with Gasteiger partial charge in [-0.05, 0) is 49.2 Å². The Morgan fingerprint density at radius 2 is 1.44 bits per heavy atom. The number of hydrogen-bond donors (Lipinski definition) is 1. The second-order valence-corrected chi connectivity index (χ2v) is 6.81. The van der Waals surface area contributed by atoms with E-state index in [1.807, 2.05) is 0 Å². The molecule has 2 rings (SSSR count). The molecule has 170 valence electrons. The molecule has 0 aliphatic rings. The molecule has 0 fully saturated rings. The summed E-state index contributed by atoms with van der Waals surface area (Å²) in [6.45, 7) is 9.87. The van der Waals surface area contributed by atoms with E-state index < -0.39 is 17.8 Å². The first-order valence-electron chi connectivity index (χ1n) is 9.73. The van der Waals surface area contributed by atoms with Gasteiger partial charge in [-0.15, -0.1) is 0 Å². The zero-order chi connectivity index (χ0) is 23.7. The fraction of sp³-hybridized carbons (Fsp3) is 0.250. The standard InChI is InChI=1S/C24H25FO7/c1-15(2)23(27)31-12-11-30-22-14-18(6-8-21(22)29-10-9-26)17-5-7-20(19(25)13-17)32-24(28)16(3)4/h5-8,13-14,26H,1,3,9-12H2,2,4H3. The molecule has 0 unspecified atom stereocenters. The molecule has 8 heteroatoms. The first-order chi connectivity index (χ1) is 15.2. The van der Waals surface area contributed by atoms with Crippen molar-refractivity contribution in [1.82, 2.24) is 0 Å². The van der Waals surface area contributed by atoms with Gasteiger partial charge in [0.1, 0.15) is 19.8 Å². The lowest BCUT2D eigenvalue weighted by atomic mass is 10.0. The molecule has 0 amide bonds. The second kappa shape index (κ2) is 11.7. The minimum Gasteiger partial charge on any atom is -0.487 e. The van der Waals surface area contributed by atoms with Gasteiger partial charge in [-0.25, -0.2) is 14.0 Å². The molecule has 0 saturated heterocycles. The van der Waals surface area contributed by atoms with Gasteiger partial charge in [-0.1, -0.05) is 25.3 Å². The highest BCUT2D eigenvalue weighted by atomic mass is 19.1. The molecular formula is C24H25FO7. The van der Waals surface area contributed by atoms with Crippen LogP contribution in [0, 0.1) is 5.82 Å². The van der Waals surface area contributed by atoms with E-state index in [0.29, 0.717) is 22.6 Å². The molecule has 0 atom stereocenters. The lowest BCUT2D eigenvalue weighted by molar-refractivity contribution is -0.139. The smallest absolute Gasteiger partial charge is 0.338 e. The molecule has 1 N–H and O–H groups in total. The molecule has 0 aliphatic carbocycles. The third-order valence-corrected chi connectivity index (χ3v) is 4.03. The van der Waals surface area contributed by atoms with E-state index in [4.69, 9.17) is 24.1 Å². The molecule has 7 nitrogen and oxygen atoms in total. The van der Waals surface area contributed by atoms with E-state index >= 15 is 0 Å². The number of carbonyl (C=O) groups is 2.